The summed E-state index contributed by atoms with van der Waals surface area (Å²) in [6.07, 6.45) is 14.1. The molecular formula is C88H104Cl4N6O20. The highest BCUT2D eigenvalue weighted by Crippen LogP contribution is 2.50. The SMILES string of the molecule is C=CC(=O)CCc1n[nH]c2c1CCC(c1c(Cl)c(OC)cc(OC)c1Cl)C2.CCOC(=O)C(=O)C1CCC(c2cc(OC)cc(OC)c2)CC1=O.CCOC(=O)c1n[nH]c2c1CCC(c1c(Cl)c(OC)cc(OC)c1Cl)C2.CCOC(=O)c1n[nH]c2c1CCC(c1cc(OC)cc(OC)c1)C2.COc1cc(OC)cc(C2CCCC(=O)C2)c1. The van der Waals surface area contributed by atoms with E-state index in [0.717, 1.165) is 143 Å². The minimum Gasteiger partial charge on any atom is -0.497 e. The summed E-state index contributed by atoms with van der Waals surface area (Å²) in [5.41, 5.74) is 12.7. The molecule has 30 heteroatoms. The van der Waals surface area contributed by atoms with Crippen LogP contribution in [0.15, 0.2) is 79.4 Å². The third kappa shape index (κ3) is 22.6. The van der Waals surface area contributed by atoms with Gasteiger partial charge in [0.05, 0.1) is 123 Å². The van der Waals surface area contributed by atoms with Gasteiger partial charge in [-0.2, -0.15) is 15.3 Å². The number of aromatic amines is 3. The number of nitrogens with one attached hydrogen (secondary N) is 3. The van der Waals surface area contributed by atoms with Crippen molar-refractivity contribution in [2.24, 2.45) is 5.92 Å². The predicted molar refractivity (Wildman–Crippen MR) is 446 cm³/mol. The number of ketones is 4. The maximum absolute atomic E-state index is 12.3. The lowest BCUT2D eigenvalue weighted by atomic mass is 9.76. The number of carbonyl (C=O) groups is 7. The number of aromatic nitrogens is 6. The Morgan fingerprint density at radius 3 is 1.16 bits per heavy atom. The Balaban J connectivity index is 0.000000169. The molecular weight excluding hydrogens is 1600 g/mol. The lowest BCUT2D eigenvalue weighted by Crippen LogP contribution is -2.35. The number of nitrogens with zero attached hydrogens (tertiary/aromatic N) is 3. The van der Waals surface area contributed by atoms with Crippen molar-refractivity contribution >= 4 is 87.4 Å². The average molecular weight is 1710 g/mol. The zero-order valence-electron chi connectivity index (χ0n) is 69.0. The molecule has 3 aromatic heterocycles. The first kappa shape index (κ1) is 91.6. The van der Waals surface area contributed by atoms with Gasteiger partial charge in [-0.3, -0.25) is 34.5 Å². The summed E-state index contributed by atoms with van der Waals surface area (Å²) in [6, 6.07) is 20.7. The molecule has 6 unspecified atom stereocenters. The number of Topliss-reactive ketones (excluding diaryl/α,β-unsaturated/α-hetero) is 3. The van der Waals surface area contributed by atoms with Crippen LogP contribution in [0.4, 0.5) is 0 Å². The fraction of sp³-hybridized carbons (Fsp3) is 0.455. The Morgan fingerprint density at radius 2 is 0.788 bits per heavy atom. The van der Waals surface area contributed by atoms with E-state index < -0.39 is 23.6 Å². The van der Waals surface area contributed by atoms with Crippen LogP contribution in [0.1, 0.15) is 209 Å². The first-order valence-electron chi connectivity index (χ1n) is 39.2. The average Bonchev–Trinajstić information content (AvgIpc) is 1.79. The first-order chi connectivity index (χ1) is 56.9. The molecule has 5 aliphatic rings. The number of rotatable bonds is 26. The van der Waals surface area contributed by atoms with E-state index in [4.69, 9.17) is 108 Å². The third-order valence-corrected chi connectivity index (χ3v) is 23.3. The molecule has 3 heterocycles. The number of benzene rings is 5. The van der Waals surface area contributed by atoms with E-state index in [1.807, 2.05) is 48.5 Å². The molecule has 13 rings (SSSR count). The van der Waals surface area contributed by atoms with E-state index in [1.54, 1.807) is 110 Å². The molecule has 26 nitrogen and oxygen atoms in total. The van der Waals surface area contributed by atoms with Crippen LogP contribution in [0, 0.1) is 5.92 Å². The van der Waals surface area contributed by atoms with Crippen LogP contribution in [0.25, 0.3) is 0 Å². The number of hydrogen-bond donors (Lipinski definition) is 3. The quantitative estimate of drug-likeness (QED) is 0.0149. The van der Waals surface area contributed by atoms with E-state index in [0.29, 0.717) is 142 Å². The summed E-state index contributed by atoms with van der Waals surface area (Å²) in [7, 11) is 16.0. The van der Waals surface area contributed by atoms with Crippen molar-refractivity contribution in [2.75, 3.05) is 90.9 Å². The maximum Gasteiger partial charge on any atom is 0.375 e. The molecule has 3 N–H and O–H groups in total. The lowest BCUT2D eigenvalue weighted by molar-refractivity contribution is -0.157. The minimum absolute atomic E-state index is 0.0206. The number of carbonyl (C=O) groups excluding carboxylic acids is 7. The van der Waals surface area contributed by atoms with Gasteiger partial charge in [-0.15, -0.1) is 0 Å². The van der Waals surface area contributed by atoms with Crippen LogP contribution >= 0.6 is 46.4 Å². The van der Waals surface area contributed by atoms with Gasteiger partial charge in [0.25, 0.3) is 0 Å². The number of ether oxygens (including phenoxy) is 13. The maximum atomic E-state index is 12.3. The van der Waals surface area contributed by atoms with Gasteiger partial charge in [0.1, 0.15) is 69.1 Å². The molecule has 0 spiro atoms. The number of allylic oxidation sites excluding steroid dienone is 1. The van der Waals surface area contributed by atoms with Crippen molar-refractivity contribution in [2.45, 2.75) is 166 Å². The molecule has 0 amide bonds. The largest absolute Gasteiger partial charge is 0.497 e. The highest BCUT2D eigenvalue weighted by atomic mass is 35.5. The van der Waals surface area contributed by atoms with Gasteiger partial charge in [0.2, 0.25) is 5.78 Å². The number of methoxy groups -OCH3 is 10. The molecule has 634 valence electrons. The fourth-order valence-corrected chi connectivity index (χ4v) is 17.2. The highest BCUT2D eigenvalue weighted by Gasteiger charge is 2.39. The second-order valence-electron chi connectivity index (χ2n) is 28.6. The second-order valence-corrected chi connectivity index (χ2v) is 30.1. The molecule has 0 aliphatic heterocycles. The lowest BCUT2D eigenvalue weighted by Gasteiger charge is -2.26. The summed E-state index contributed by atoms with van der Waals surface area (Å²) >= 11 is 26.2. The van der Waals surface area contributed by atoms with Crippen LogP contribution in [0.3, 0.4) is 0 Å². The molecule has 118 heavy (non-hydrogen) atoms. The van der Waals surface area contributed by atoms with Gasteiger partial charge in [-0.1, -0.05) is 53.0 Å². The number of esters is 3. The first-order valence-corrected chi connectivity index (χ1v) is 40.7. The van der Waals surface area contributed by atoms with Crippen molar-refractivity contribution in [3.8, 4) is 57.5 Å². The van der Waals surface area contributed by atoms with Crippen molar-refractivity contribution in [1.82, 2.24) is 30.6 Å². The molecule has 5 aromatic carbocycles. The number of H-pyrrole nitrogens is 3. The standard InChI is InChI=1S/C20H22Cl2N2O3.C18H20Cl2N2O4.C18H22N2O4.C18H22O6.C14H18O3/c1-4-12(25)6-8-14-13-7-5-11(9-15(13)24-23-14)18-19(21)16(26-2)10-17(27-3)20(18)22;1-4-26-18(23)17-10-6-5-9(7-11(10)21-22-17)14-15(19)12(24-2)8-13(25-3)16(14)20;1-4-24-18(21)17-15-6-5-11(9-16(15)19-20-17)12-7-13(22-2)10-14(8-12)23-3;1-4-24-18(21)17(20)15-6-5-11(9-16(15)19)12-7-13(22-2)10-14(8-12)23-3;1-16-13-7-11(8-14(9-13)17-2)10-4-3-5-12(15)6-10/h4,10-11H,1,5-9H2,2-3H3,(H,23,24);8-9H,4-7H2,1-3H3,(H,21,22);7-8,10-11H,4-6,9H2,1-3H3,(H,19,20);7-8,10-11,15H,4-6,9H2,1-3H3;7-10H,3-6H2,1-2H3. The van der Waals surface area contributed by atoms with Crippen LogP contribution in [-0.2, 0) is 83.1 Å². The molecule has 0 radical (unpaired) electrons. The Hall–Kier alpha value is -10.3. The van der Waals surface area contributed by atoms with Gasteiger partial charge >= 0.3 is 17.9 Å². The van der Waals surface area contributed by atoms with Crippen LogP contribution in [0.2, 0.25) is 20.1 Å². The number of aryl methyl sites for hydroxylation is 1. The summed E-state index contributed by atoms with van der Waals surface area (Å²) in [6.45, 7) is 9.50. The summed E-state index contributed by atoms with van der Waals surface area (Å²) < 4.78 is 68.0. The fourth-order valence-electron chi connectivity index (χ4n) is 15.6. The van der Waals surface area contributed by atoms with Gasteiger partial charge in [-0.25, -0.2) is 14.4 Å². The van der Waals surface area contributed by atoms with Crippen LogP contribution < -0.4 is 47.4 Å². The Morgan fingerprint density at radius 1 is 0.424 bits per heavy atom. The van der Waals surface area contributed by atoms with E-state index in [-0.39, 0.29) is 48.3 Å². The van der Waals surface area contributed by atoms with E-state index in [2.05, 4.69) is 37.2 Å². The topological polar surface area (TPSA) is 326 Å². The van der Waals surface area contributed by atoms with Crippen molar-refractivity contribution < 1.29 is 95.1 Å². The molecule has 8 aromatic rings. The van der Waals surface area contributed by atoms with E-state index in [9.17, 15) is 33.6 Å². The smallest absolute Gasteiger partial charge is 0.375 e. The van der Waals surface area contributed by atoms with Gasteiger partial charge in [0.15, 0.2) is 17.2 Å². The van der Waals surface area contributed by atoms with Gasteiger partial charge in [0, 0.05) is 95.4 Å². The van der Waals surface area contributed by atoms with Crippen molar-refractivity contribution in [3.05, 3.63) is 178 Å². The number of fused-ring (bicyclic) bond motifs is 3. The summed E-state index contributed by atoms with van der Waals surface area (Å²) in [5.74, 6) is 4.30. The minimum atomic E-state index is -0.919. The summed E-state index contributed by atoms with van der Waals surface area (Å²) in [4.78, 5) is 82.9. The van der Waals surface area contributed by atoms with Gasteiger partial charge in [-0.05, 0) is 205 Å². The zero-order valence-corrected chi connectivity index (χ0v) is 72.0. The molecule has 2 fully saturated rings. The monoisotopic (exact) mass is 1700 g/mol. The van der Waals surface area contributed by atoms with Crippen LogP contribution in [-0.4, -0.2) is 163 Å². The molecule has 2 saturated carbocycles. The normalized spacial score (nSPS) is 17.6. The third-order valence-electron chi connectivity index (χ3n) is 21.8. The van der Waals surface area contributed by atoms with Crippen molar-refractivity contribution in [1.29, 1.82) is 0 Å². The van der Waals surface area contributed by atoms with Gasteiger partial charge < -0.3 is 61.6 Å². The Kier molecular flexibility index (Phi) is 34.1. The predicted octanol–water partition coefficient (Wildman–Crippen LogP) is 17.0. The Labute approximate surface area is 707 Å². The summed E-state index contributed by atoms with van der Waals surface area (Å²) in [5, 5.41) is 23.8. The zero-order chi connectivity index (χ0) is 85.4. The van der Waals surface area contributed by atoms with Crippen LogP contribution in [0.5, 0.6) is 57.5 Å². The van der Waals surface area contributed by atoms with E-state index >= 15 is 0 Å². The number of hydrogen-bond acceptors (Lipinski definition) is 23. The molecule has 6 atom stereocenters. The molecule has 5 aliphatic carbocycles. The Bertz CT molecular complexity index is 4760. The number of halogens is 4. The van der Waals surface area contributed by atoms with Crippen molar-refractivity contribution in [3.63, 3.8) is 0 Å². The van der Waals surface area contributed by atoms with E-state index in [1.165, 1.54) is 17.2 Å². The molecule has 0 bridgehead atoms. The second kappa shape index (κ2) is 44.0. The molecule has 0 saturated heterocycles. The highest BCUT2D eigenvalue weighted by molar-refractivity contribution is 6.39.